The minimum atomic E-state index is -0.950. The van der Waals surface area contributed by atoms with Gasteiger partial charge in [-0.15, -0.1) is 0 Å². The van der Waals surface area contributed by atoms with E-state index in [2.05, 4.69) is 20.9 Å². The van der Waals surface area contributed by atoms with Gasteiger partial charge in [-0.05, 0) is 23.3 Å². The maximum atomic E-state index is 10.4. The molecule has 5 heteroatoms. The van der Waals surface area contributed by atoms with E-state index in [1.54, 1.807) is 18.6 Å². The minimum Gasteiger partial charge on any atom is -0.478 e. The molecule has 1 heterocycles. The van der Waals surface area contributed by atoms with Gasteiger partial charge in [-0.3, -0.25) is 0 Å². The van der Waals surface area contributed by atoms with Gasteiger partial charge in [0.25, 0.3) is 0 Å². The number of benzene rings is 1. The number of imidazole rings is 1. The Labute approximate surface area is 113 Å². The number of aromatic nitrogens is 2. The molecule has 0 aliphatic carbocycles. The number of aliphatic carboxylic acids is 1. The van der Waals surface area contributed by atoms with E-state index in [-0.39, 0.29) is 0 Å². The van der Waals surface area contributed by atoms with Crippen LogP contribution in [0.3, 0.4) is 0 Å². The summed E-state index contributed by atoms with van der Waals surface area (Å²) in [5, 5.41) is 8.56. The summed E-state index contributed by atoms with van der Waals surface area (Å²) >= 11 is 3.48. The predicted molar refractivity (Wildman–Crippen MR) is 72.1 cm³/mol. The summed E-state index contributed by atoms with van der Waals surface area (Å²) in [4.78, 5) is 14.4. The highest BCUT2D eigenvalue weighted by Crippen LogP contribution is 2.20. The molecule has 0 unspecified atom stereocenters. The molecule has 0 fully saturated rings. The van der Waals surface area contributed by atoms with Gasteiger partial charge in [-0.2, -0.15) is 0 Å². The molecule has 4 nitrogen and oxygen atoms in total. The number of nitrogens with zero attached hydrogens (tertiary/aromatic N) is 2. The Bertz CT molecular complexity index is 577. The lowest BCUT2D eigenvalue weighted by atomic mass is 10.1. The zero-order valence-corrected chi connectivity index (χ0v) is 11.0. The largest absolute Gasteiger partial charge is 0.478 e. The molecule has 2 rings (SSSR count). The molecule has 18 heavy (non-hydrogen) atoms. The van der Waals surface area contributed by atoms with Gasteiger partial charge < -0.3 is 9.67 Å². The molecule has 0 atom stereocenters. The summed E-state index contributed by atoms with van der Waals surface area (Å²) < 4.78 is 2.91. The van der Waals surface area contributed by atoms with Crippen LogP contribution in [0.5, 0.6) is 0 Å². The van der Waals surface area contributed by atoms with Crippen molar-refractivity contribution in [3.8, 4) is 0 Å². The van der Waals surface area contributed by atoms with Gasteiger partial charge in [0.15, 0.2) is 0 Å². The average molecular weight is 307 g/mol. The smallest absolute Gasteiger partial charge is 0.328 e. The molecule has 0 spiro atoms. The van der Waals surface area contributed by atoms with Gasteiger partial charge >= 0.3 is 5.97 Å². The van der Waals surface area contributed by atoms with Crippen LogP contribution in [0.1, 0.15) is 11.1 Å². The van der Waals surface area contributed by atoms with E-state index in [4.69, 9.17) is 5.11 Å². The fourth-order valence-corrected chi connectivity index (χ4v) is 2.06. The third-order valence-electron chi connectivity index (χ3n) is 2.41. The summed E-state index contributed by atoms with van der Waals surface area (Å²) in [5.74, 6) is -0.950. The van der Waals surface area contributed by atoms with Crippen LogP contribution in [0.4, 0.5) is 0 Å². The Morgan fingerprint density at radius 3 is 2.94 bits per heavy atom. The van der Waals surface area contributed by atoms with Crippen LogP contribution in [0.15, 0.2) is 47.5 Å². The van der Waals surface area contributed by atoms with Crippen LogP contribution in [-0.2, 0) is 11.3 Å². The van der Waals surface area contributed by atoms with E-state index < -0.39 is 5.97 Å². The van der Waals surface area contributed by atoms with E-state index in [1.807, 2.05) is 29.0 Å². The first-order valence-electron chi connectivity index (χ1n) is 5.30. The van der Waals surface area contributed by atoms with E-state index in [0.29, 0.717) is 0 Å². The second-order valence-electron chi connectivity index (χ2n) is 3.76. The monoisotopic (exact) mass is 306 g/mol. The summed E-state index contributed by atoms with van der Waals surface area (Å²) in [6.07, 6.45) is 8.07. The van der Waals surface area contributed by atoms with Gasteiger partial charge in [-0.25, -0.2) is 9.78 Å². The first kappa shape index (κ1) is 12.6. The van der Waals surface area contributed by atoms with E-state index >= 15 is 0 Å². The fourth-order valence-electron chi connectivity index (χ4n) is 1.54. The summed E-state index contributed by atoms with van der Waals surface area (Å²) in [5.41, 5.74) is 1.96. The molecule has 0 saturated carbocycles. The average Bonchev–Trinajstić information content (AvgIpc) is 2.82. The third kappa shape index (κ3) is 3.30. The molecule has 0 bridgehead atoms. The fraction of sp³-hybridized carbons (Fsp3) is 0.0769. The molecule has 1 N–H and O–H groups in total. The number of halogens is 1. The lowest BCUT2D eigenvalue weighted by molar-refractivity contribution is -0.131. The van der Waals surface area contributed by atoms with Gasteiger partial charge in [0, 0.05) is 29.5 Å². The predicted octanol–water partition coefficient (Wildman–Crippen LogP) is 2.79. The van der Waals surface area contributed by atoms with Crippen molar-refractivity contribution in [2.45, 2.75) is 6.54 Å². The van der Waals surface area contributed by atoms with Crippen LogP contribution in [0.2, 0.25) is 0 Å². The summed E-state index contributed by atoms with van der Waals surface area (Å²) in [6, 6.07) is 5.74. The van der Waals surface area contributed by atoms with Crippen molar-refractivity contribution in [1.29, 1.82) is 0 Å². The van der Waals surface area contributed by atoms with Crippen molar-refractivity contribution < 1.29 is 9.90 Å². The highest BCUT2D eigenvalue weighted by atomic mass is 79.9. The highest BCUT2D eigenvalue weighted by molar-refractivity contribution is 9.10. The highest BCUT2D eigenvalue weighted by Gasteiger charge is 2.01. The molecule has 0 radical (unpaired) electrons. The van der Waals surface area contributed by atoms with Gasteiger partial charge in [0.2, 0.25) is 0 Å². The Balaban J connectivity index is 2.17. The Kier molecular flexibility index (Phi) is 3.94. The number of rotatable bonds is 4. The molecule has 92 valence electrons. The first-order valence-corrected chi connectivity index (χ1v) is 6.09. The van der Waals surface area contributed by atoms with Gasteiger partial charge in [0.05, 0.1) is 6.33 Å². The van der Waals surface area contributed by atoms with Crippen molar-refractivity contribution in [2.24, 2.45) is 0 Å². The molecule has 0 saturated heterocycles. The Morgan fingerprint density at radius 1 is 1.50 bits per heavy atom. The maximum absolute atomic E-state index is 10.4. The zero-order valence-electron chi connectivity index (χ0n) is 9.45. The molecule has 0 aliphatic heterocycles. The SMILES string of the molecule is O=C(O)C=Cc1ccc(Cn2ccnc2)c(Br)c1. The molecule has 0 aliphatic rings. The molecular formula is C13H11BrN2O2. The lowest BCUT2D eigenvalue weighted by Gasteiger charge is -2.06. The number of hydrogen-bond donors (Lipinski definition) is 1. The van der Waals surface area contributed by atoms with Crippen LogP contribution in [-0.4, -0.2) is 20.6 Å². The molecular weight excluding hydrogens is 296 g/mol. The second-order valence-corrected chi connectivity index (χ2v) is 4.61. The van der Waals surface area contributed by atoms with Gasteiger partial charge in [-0.1, -0.05) is 28.1 Å². The van der Waals surface area contributed by atoms with Crippen LogP contribution in [0.25, 0.3) is 6.08 Å². The van der Waals surface area contributed by atoms with Crippen LogP contribution in [0, 0.1) is 0 Å². The molecule has 1 aromatic carbocycles. The third-order valence-corrected chi connectivity index (χ3v) is 3.15. The number of carboxylic acid groups (broad SMARTS) is 1. The van der Waals surface area contributed by atoms with Crippen molar-refractivity contribution in [3.63, 3.8) is 0 Å². The normalized spacial score (nSPS) is 10.9. The second kappa shape index (κ2) is 5.64. The standard InChI is InChI=1S/C13H11BrN2O2/c14-12-7-10(2-4-13(17)18)1-3-11(12)8-16-6-5-15-9-16/h1-7,9H,8H2,(H,17,18). The topological polar surface area (TPSA) is 55.1 Å². The first-order chi connectivity index (χ1) is 8.65. The van der Waals surface area contributed by atoms with Crippen molar-refractivity contribution >= 4 is 28.0 Å². The Hall–Kier alpha value is -1.88. The van der Waals surface area contributed by atoms with Crippen molar-refractivity contribution in [1.82, 2.24) is 9.55 Å². The van der Waals surface area contributed by atoms with E-state index in [9.17, 15) is 4.79 Å². The van der Waals surface area contributed by atoms with E-state index in [0.717, 1.165) is 28.2 Å². The zero-order chi connectivity index (χ0) is 13.0. The van der Waals surface area contributed by atoms with Gasteiger partial charge in [0.1, 0.15) is 0 Å². The number of carbonyl (C=O) groups is 1. The van der Waals surface area contributed by atoms with Crippen molar-refractivity contribution in [3.05, 3.63) is 58.6 Å². The molecule has 0 amide bonds. The van der Waals surface area contributed by atoms with E-state index in [1.165, 1.54) is 0 Å². The summed E-state index contributed by atoms with van der Waals surface area (Å²) in [6.45, 7) is 0.726. The quantitative estimate of drug-likeness (QED) is 0.884. The van der Waals surface area contributed by atoms with Crippen molar-refractivity contribution in [2.75, 3.05) is 0 Å². The van der Waals surface area contributed by atoms with Crippen LogP contribution >= 0.6 is 15.9 Å². The summed E-state index contributed by atoms with van der Waals surface area (Å²) in [7, 11) is 0. The number of carboxylic acids is 1. The Morgan fingerprint density at radius 2 is 2.33 bits per heavy atom. The molecule has 1 aromatic heterocycles. The lowest BCUT2D eigenvalue weighted by Crippen LogP contribution is -1.97. The number of hydrogen-bond acceptors (Lipinski definition) is 2. The minimum absolute atomic E-state index is 0.726. The molecule has 2 aromatic rings. The maximum Gasteiger partial charge on any atom is 0.328 e. The van der Waals surface area contributed by atoms with Crippen LogP contribution < -0.4 is 0 Å².